The lowest BCUT2D eigenvalue weighted by Gasteiger charge is -2.40. The highest BCUT2D eigenvalue weighted by molar-refractivity contribution is 4.86. The SMILES string of the molecule is CCCC(O)C(C)(C)C1CCCCC1. The van der Waals surface area contributed by atoms with Crippen LogP contribution >= 0.6 is 0 Å². The van der Waals surface area contributed by atoms with Crippen LogP contribution in [0.1, 0.15) is 65.7 Å². The second-order valence-electron chi connectivity index (χ2n) is 5.46. The first-order chi connectivity index (χ1) is 6.59. The molecule has 1 heteroatoms. The topological polar surface area (TPSA) is 20.2 Å². The van der Waals surface area contributed by atoms with E-state index in [1.165, 1.54) is 32.1 Å². The maximum Gasteiger partial charge on any atom is 0.0593 e. The van der Waals surface area contributed by atoms with Gasteiger partial charge in [0.05, 0.1) is 6.10 Å². The van der Waals surface area contributed by atoms with Gasteiger partial charge in [0.25, 0.3) is 0 Å². The van der Waals surface area contributed by atoms with Gasteiger partial charge >= 0.3 is 0 Å². The molecule has 0 aromatic carbocycles. The largest absolute Gasteiger partial charge is 0.393 e. The molecule has 1 aliphatic carbocycles. The van der Waals surface area contributed by atoms with E-state index < -0.39 is 0 Å². The van der Waals surface area contributed by atoms with Crippen molar-refractivity contribution in [3.63, 3.8) is 0 Å². The van der Waals surface area contributed by atoms with Gasteiger partial charge in [0.2, 0.25) is 0 Å². The number of aliphatic hydroxyl groups is 1. The first-order valence-corrected chi connectivity index (χ1v) is 6.27. The van der Waals surface area contributed by atoms with Crippen LogP contribution in [0.4, 0.5) is 0 Å². The molecule has 1 nitrogen and oxygen atoms in total. The average Bonchev–Trinajstić information content (AvgIpc) is 2.19. The molecule has 1 atom stereocenters. The molecular formula is C13H26O. The van der Waals surface area contributed by atoms with E-state index in [0.717, 1.165) is 18.8 Å². The molecule has 0 heterocycles. The van der Waals surface area contributed by atoms with E-state index in [1.54, 1.807) is 0 Å². The van der Waals surface area contributed by atoms with Gasteiger partial charge in [-0.15, -0.1) is 0 Å². The van der Waals surface area contributed by atoms with Crippen LogP contribution in [-0.4, -0.2) is 11.2 Å². The van der Waals surface area contributed by atoms with E-state index in [9.17, 15) is 5.11 Å². The fraction of sp³-hybridized carbons (Fsp3) is 1.00. The maximum absolute atomic E-state index is 10.1. The van der Waals surface area contributed by atoms with Crippen LogP contribution in [0.15, 0.2) is 0 Å². The average molecular weight is 198 g/mol. The summed E-state index contributed by atoms with van der Waals surface area (Å²) in [4.78, 5) is 0. The Morgan fingerprint density at radius 3 is 2.29 bits per heavy atom. The quantitative estimate of drug-likeness (QED) is 0.729. The van der Waals surface area contributed by atoms with Crippen molar-refractivity contribution in [3.8, 4) is 0 Å². The van der Waals surface area contributed by atoms with Gasteiger partial charge in [0.15, 0.2) is 0 Å². The van der Waals surface area contributed by atoms with Crippen molar-refractivity contribution in [1.82, 2.24) is 0 Å². The summed E-state index contributed by atoms with van der Waals surface area (Å²) in [6.07, 6.45) is 8.74. The fourth-order valence-electron chi connectivity index (χ4n) is 2.76. The van der Waals surface area contributed by atoms with Crippen LogP contribution in [0.2, 0.25) is 0 Å². The van der Waals surface area contributed by atoms with Crippen molar-refractivity contribution < 1.29 is 5.11 Å². The van der Waals surface area contributed by atoms with Crippen LogP contribution in [0.5, 0.6) is 0 Å². The van der Waals surface area contributed by atoms with Gasteiger partial charge in [-0.3, -0.25) is 0 Å². The molecule has 1 aliphatic rings. The van der Waals surface area contributed by atoms with E-state index in [-0.39, 0.29) is 11.5 Å². The summed E-state index contributed by atoms with van der Waals surface area (Å²) in [6, 6.07) is 0. The second-order valence-corrected chi connectivity index (χ2v) is 5.46. The van der Waals surface area contributed by atoms with E-state index in [2.05, 4.69) is 20.8 Å². The van der Waals surface area contributed by atoms with E-state index in [4.69, 9.17) is 0 Å². The molecule has 0 saturated heterocycles. The lowest BCUT2D eigenvalue weighted by atomic mass is 9.67. The molecule has 0 spiro atoms. The Morgan fingerprint density at radius 1 is 1.21 bits per heavy atom. The molecule has 0 aliphatic heterocycles. The van der Waals surface area contributed by atoms with Crippen LogP contribution in [-0.2, 0) is 0 Å². The molecule has 14 heavy (non-hydrogen) atoms. The standard InChI is InChI=1S/C13H26O/c1-4-8-12(14)13(2,3)11-9-6-5-7-10-11/h11-12,14H,4-10H2,1-3H3. The highest BCUT2D eigenvalue weighted by Crippen LogP contribution is 2.41. The minimum absolute atomic E-state index is 0.101. The van der Waals surface area contributed by atoms with Gasteiger partial charge < -0.3 is 5.11 Å². The minimum Gasteiger partial charge on any atom is -0.393 e. The Morgan fingerprint density at radius 2 is 1.79 bits per heavy atom. The van der Waals surface area contributed by atoms with Crippen molar-refractivity contribution >= 4 is 0 Å². The smallest absolute Gasteiger partial charge is 0.0593 e. The predicted molar refractivity (Wildman–Crippen MR) is 61.3 cm³/mol. The fourth-order valence-corrected chi connectivity index (χ4v) is 2.76. The summed E-state index contributed by atoms with van der Waals surface area (Å²) in [5, 5.41) is 10.1. The van der Waals surface area contributed by atoms with Gasteiger partial charge in [-0.1, -0.05) is 46.5 Å². The molecule has 0 radical (unpaired) electrons. The molecule has 1 unspecified atom stereocenters. The lowest BCUT2D eigenvalue weighted by Crippen LogP contribution is -2.37. The summed E-state index contributed by atoms with van der Waals surface area (Å²) >= 11 is 0. The third kappa shape index (κ3) is 2.73. The van der Waals surface area contributed by atoms with Crippen LogP contribution in [0, 0.1) is 11.3 Å². The molecule has 1 rings (SSSR count). The van der Waals surface area contributed by atoms with E-state index in [1.807, 2.05) is 0 Å². The molecule has 1 fully saturated rings. The zero-order valence-electron chi connectivity index (χ0n) is 10.1. The number of aliphatic hydroxyl groups excluding tert-OH is 1. The van der Waals surface area contributed by atoms with Crippen molar-refractivity contribution in [2.75, 3.05) is 0 Å². The first-order valence-electron chi connectivity index (χ1n) is 6.27. The Balaban J connectivity index is 2.52. The van der Waals surface area contributed by atoms with Gasteiger partial charge in [-0.25, -0.2) is 0 Å². The van der Waals surface area contributed by atoms with Crippen LogP contribution in [0.3, 0.4) is 0 Å². The monoisotopic (exact) mass is 198 g/mol. The van der Waals surface area contributed by atoms with Gasteiger partial charge in [0, 0.05) is 0 Å². The third-order valence-corrected chi connectivity index (χ3v) is 4.08. The van der Waals surface area contributed by atoms with Crippen molar-refractivity contribution in [2.45, 2.75) is 71.8 Å². The second kappa shape index (κ2) is 5.16. The predicted octanol–water partition coefficient (Wildman–Crippen LogP) is 3.75. The minimum atomic E-state index is -0.101. The van der Waals surface area contributed by atoms with Crippen LogP contribution < -0.4 is 0 Å². The lowest BCUT2D eigenvalue weighted by molar-refractivity contribution is -0.0120. The highest BCUT2D eigenvalue weighted by Gasteiger charge is 2.36. The zero-order valence-corrected chi connectivity index (χ0v) is 10.1. The summed E-state index contributed by atoms with van der Waals surface area (Å²) in [5.41, 5.74) is 0.135. The Labute approximate surface area is 88.9 Å². The molecule has 0 amide bonds. The molecular weight excluding hydrogens is 172 g/mol. The number of hydrogen-bond donors (Lipinski definition) is 1. The van der Waals surface area contributed by atoms with E-state index >= 15 is 0 Å². The first kappa shape index (κ1) is 12.0. The maximum atomic E-state index is 10.1. The van der Waals surface area contributed by atoms with Crippen molar-refractivity contribution in [3.05, 3.63) is 0 Å². The molecule has 84 valence electrons. The van der Waals surface area contributed by atoms with Crippen LogP contribution in [0.25, 0.3) is 0 Å². The number of rotatable bonds is 4. The van der Waals surface area contributed by atoms with E-state index in [0.29, 0.717) is 0 Å². The molecule has 0 aromatic heterocycles. The Hall–Kier alpha value is -0.0400. The molecule has 0 aromatic rings. The third-order valence-electron chi connectivity index (χ3n) is 4.08. The van der Waals surface area contributed by atoms with Gasteiger partial charge in [-0.2, -0.15) is 0 Å². The normalized spacial score (nSPS) is 22.3. The Kier molecular flexibility index (Phi) is 4.43. The summed E-state index contributed by atoms with van der Waals surface area (Å²) in [5.74, 6) is 0.748. The van der Waals surface area contributed by atoms with Crippen molar-refractivity contribution in [1.29, 1.82) is 0 Å². The molecule has 1 saturated carbocycles. The van der Waals surface area contributed by atoms with Crippen molar-refractivity contribution in [2.24, 2.45) is 11.3 Å². The van der Waals surface area contributed by atoms with Gasteiger partial charge in [-0.05, 0) is 30.6 Å². The number of hydrogen-bond acceptors (Lipinski definition) is 1. The zero-order chi connectivity index (χ0) is 10.6. The summed E-state index contributed by atoms with van der Waals surface area (Å²) in [6.45, 7) is 6.66. The molecule has 0 bridgehead atoms. The summed E-state index contributed by atoms with van der Waals surface area (Å²) in [7, 11) is 0. The molecule has 1 N–H and O–H groups in total. The summed E-state index contributed by atoms with van der Waals surface area (Å²) < 4.78 is 0. The Bertz CT molecular complexity index is 157. The van der Waals surface area contributed by atoms with Gasteiger partial charge in [0.1, 0.15) is 0 Å². The highest BCUT2D eigenvalue weighted by atomic mass is 16.3.